The number of aromatic nitrogens is 1. The van der Waals surface area contributed by atoms with Crippen LogP contribution in [0.3, 0.4) is 0 Å². The Hall–Kier alpha value is -8.05. The van der Waals surface area contributed by atoms with E-state index in [1.165, 1.54) is 64.7 Å². The molecule has 0 saturated carbocycles. The summed E-state index contributed by atoms with van der Waals surface area (Å²) in [7, 11) is 0. The fourth-order valence-electron chi connectivity index (χ4n) is 10.3. The molecule has 3 aromatic heterocycles. The van der Waals surface area contributed by atoms with Gasteiger partial charge in [-0.2, -0.15) is 0 Å². The molecule has 4 heteroatoms. The van der Waals surface area contributed by atoms with Crippen LogP contribution in [0.15, 0.2) is 235 Å². The zero-order valence-electron chi connectivity index (χ0n) is 34.7. The van der Waals surface area contributed by atoms with Gasteiger partial charge >= 0.3 is 0 Å². The summed E-state index contributed by atoms with van der Waals surface area (Å²) in [5, 5.41) is 4.69. The third-order valence-corrected chi connectivity index (χ3v) is 14.4. The second-order valence-electron chi connectivity index (χ2n) is 16.6. The average Bonchev–Trinajstić information content (AvgIpc) is 4.02. The number of hydrogen-bond acceptors (Lipinski definition) is 4. The zero-order valence-corrected chi connectivity index (χ0v) is 35.5. The van der Waals surface area contributed by atoms with Crippen LogP contribution in [0.25, 0.3) is 75.6 Å². The molecule has 0 spiro atoms. The molecule has 0 radical (unpaired) electrons. The molecule has 3 nitrogen and oxygen atoms in total. The normalized spacial score (nSPS) is 12.8. The Morgan fingerprint density at radius 2 is 1.00 bits per heavy atom. The summed E-state index contributed by atoms with van der Waals surface area (Å²) in [6.07, 6.45) is 1.94. The van der Waals surface area contributed by atoms with E-state index in [0.717, 1.165) is 50.3 Å². The standard InChI is InChI=1S/C60H38N2OS/c1-4-14-39(15-5-1)40-24-28-44(29-25-40)62(45-30-26-41(27-31-45)58-59-49(34-35-61-58)48-21-11-13-23-57(48)64-59)46-32-33-55-51(36-46)52-37-50-47-20-10-12-22-53(47)60(42-16-6-2-7-17-42,43-18-8-3-9-19-43)54(50)38-56(52)63-55/h1-38H. The van der Waals surface area contributed by atoms with Gasteiger partial charge in [0.15, 0.2) is 0 Å². The molecule has 9 aromatic carbocycles. The van der Waals surface area contributed by atoms with Gasteiger partial charge in [0.2, 0.25) is 0 Å². The Bertz CT molecular complexity index is 3670. The van der Waals surface area contributed by atoms with Crippen LogP contribution in [-0.4, -0.2) is 4.98 Å². The first kappa shape index (κ1) is 36.6. The van der Waals surface area contributed by atoms with Gasteiger partial charge in [0, 0.05) is 55.1 Å². The van der Waals surface area contributed by atoms with Crippen LogP contribution >= 0.6 is 11.3 Å². The molecular weight excluding hydrogens is 797 g/mol. The number of benzene rings is 9. The fourth-order valence-corrected chi connectivity index (χ4v) is 11.6. The van der Waals surface area contributed by atoms with Crippen molar-refractivity contribution in [2.24, 2.45) is 0 Å². The number of rotatable bonds is 7. The summed E-state index contributed by atoms with van der Waals surface area (Å²) in [4.78, 5) is 7.28. The van der Waals surface area contributed by atoms with Gasteiger partial charge < -0.3 is 9.32 Å². The molecule has 3 heterocycles. The molecule has 300 valence electrons. The summed E-state index contributed by atoms with van der Waals surface area (Å²) in [6.45, 7) is 0. The molecule has 0 aliphatic heterocycles. The van der Waals surface area contributed by atoms with E-state index in [2.05, 4.69) is 229 Å². The number of hydrogen-bond donors (Lipinski definition) is 0. The van der Waals surface area contributed by atoms with Gasteiger partial charge in [-0.25, -0.2) is 0 Å². The monoisotopic (exact) mass is 834 g/mol. The van der Waals surface area contributed by atoms with E-state index in [1.54, 1.807) is 0 Å². The van der Waals surface area contributed by atoms with Crippen LogP contribution in [0, 0.1) is 0 Å². The maximum absolute atomic E-state index is 6.85. The van der Waals surface area contributed by atoms with Crippen molar-refractivity contribution in [1.82, 2.24) is 4.98 Å². The maximum atomic E-state index is 6.85. The minimum Gasteiger partial charge on any atom is -0.456 e. The van der Waals surface area contributed by atoms with Crippen molar-refractivity contribution in [1.29, 1.82) is 0 Å². The van der Waals surface area contributed by atoms with Gasteiger partial charge in [-0.05, 0) is 111 Å². The molecule has 12 aromatic rings. The molecule has 0 N–H and O–H groups in total. The van der Waals surface area contributed by atoms with E-state index in [9.17, 15) is 0 Å². The van der Waals surface area contributed by atoms with Crippen molar-refractivity contribution in [3.63, 3.8) is 0 Å². The van der Waals surface area contributed by atoms with Gasteiger partial charge in [0.05, 0.1) is 15.8 Å². The molecule has 0 amide bonds. The van der Waals surface area contributed by atoms with Crippen molar-refractivity contribution < 1.29 is 4.42 Å². The van der Waals surface area contributed by atoms with Crippen LogP contribution in [0.1, 0.15) is 22.3 Å². The van der Waals surface area contributed by atoms with Gasteiger partial charge in [-0.1, -0.05) is 158 Å². The highest BCUT2D eigenvalue weighted by Gasteiger charge is 2.46. The highest BCUT2D eigenvalue weighted by molar-refractivity contribution is 7.26. The van der Waals surface area contributed by atoms with Gasteiger partial charge in [-0.3, -0.25) is 4.98 Å². The van der Waals surface area contributed by atoms with Crippen molar-refractivity contribution in [3.8, 4) is 33.5 Å². The van der Waals surface area contributed by atoms with Crippen LogP contribution in [0.2, 0.25) is 0 Å². The molecule has 1 aliphatic rings. The van der Waals surface area contributed by atoms with Crippen molar-refractivity contribution >= 4 is 70.5 Å². The highest BCUT2D eigenvalue weighted by atomic mass is 32.1. The second kappa shape index (κ2) is 14.5. The van der Waals surface area contributed by atoms with E-state index in [-0.39, 0.29) is 0 Å². The van der Waals surface area contributed by atoms with Gasteiger partial charge in [-0.15, -0.1) is 11.3 Å². The first-order valence-corrected chi connectivity index (χ1v) is 22.6. The molecule has 0 saturated heterocycles. The van der Waals surface area contributed by atoms with Gasteiger partial charge in [0.1, 0.15) is 11.2 Å². The van der Waals surface area contributed by atoms with E-state index in [1.807, 2.05) is 17.5 Å². The zero-order chi connectivity index (χ0) is 42.2. The highest BCUT2D eigenvalue weighted by Crippen LogP contribution is 2.57. The molecule has 64 heavy (non-hydrogen) atoms. The van der Waals surface area contributed by atoms with Crippen LogP contribution in [-0.2, 0) is 5.41 Å². The predicted octanol–water partition coefficient (Wildman–Crippen LogP) is 16.5. The van der Waals surface area contributed by atoms with E-state index in [4.69, 9.17) is 9.40 Å². The lowest BCUT2D eigenvalue weighted by Crippen LogP contribution is -2.28. The molecule has 0 fully saturated rings. The molecule has 13 rings (SSSR count). The number of fused-ring (bicyclic) bond motifs is 9. The lowest BCUT2D eigenvalue weighted by atomic mass is 9.67. The lowest BCUT2D eigenvalue weighted by molar-refractivity contribution is 0.666. The first-order chi connectivity index (χ1) is 31.7. The van der Waals surface area contributed by atoms with Crippen molar-refractivity contribution in [3.05, 3.63) is 253 Å². The fraction of sp³-hybridized carbons (Fsp3) is 0.0167. The smallest absolute Gasteiger partial charge is 0.135 e. The number of furan rings is 1. The average molecular weight is 835 g/mol. The number of anilines is 3. The van der Waals surface area contributed by atoms with E-state index in [0.29, 0.717) is 0 Å². The van der Waals surface area contributed by atoms with E-state index >= 15 is 0 Å². The Morgan fingerprint density at radius 3 is 1.73 bits per heavy atom. The summed E-state index contributed by atoms with van der Waals surface area (Å²) >= 11 is 1.81. The lowest BCUT2D eigenvalue weighted by Gasteiger charge is -2.33. The predicted molar refractivity (Wildman–Crippen MR) is 267 cm³/mol. The molecule has 1 aliphatic carbocycles. The Morgan fingerprint density at radius 1 is 0.406 bits per heavy atom. The topological polar surface area (TPSA) is 29.3 Å². The molecule has 0 bridgehead atoms. The number of pyridine rings is 1. The van der Waals surface area contributed by atoms with Crippen molar-refractivity contribution in [2.75, 3.05) is 4.90 Å². The van der Waals surface area contributed by atoms with E-state index < -0.39 is 5.41 Å². The third kappa shape index (κ3) is 5.56. The molecular formula is C60H38N2OS. The summed E-state index contributed by atoms with van der Waals surface area (Å²) in [6, 6.07) is 81.2. The summed E-state index contributed by atoms with van der Waals surface area (Å²) in [5.41, 5.74) is 16.3. The summed E-state index contributed by atoms with van der Waals surface area (Å²) < 4.78 is 9.33. The largest absolute Gasteiger partial charge is 0.456 e. The Labute approximate surface area is 374 Å². The Balaban J connectivity index is 0.976. The first-order valence-electron chi connectivity index (χ1n) is 21.8. The minimum absolute atomic E-state index is 0.500. The quantitative estimate of drug-likeness (QED) is 0.160. The molecule has 0 atom stereocenters. The molecule has 0 unspecified atom stereocenters. The van der Waals surface area contributed by atoms with Crippen LogP contribution in [0.4, 0.5) is 17.1 Å². The Kier molecular flexibility index (Phi) is 8.30. The minimum atomic E-state index is -0.500. The number of nitrogens with zero attached hydrogens (tertiary/aromatic N) is 2. The SMILES string of the molecule is c1ccc(-c2ccc(N(c3ccc(-c4nccc5c4sc4ccccc45)cc3)c3ccc4oc5cc6c(cc5c4c3)-c3ccccc3C6(c3ccccc3)c3ccccc3)cc2)cc1. The second-order valence-corrected chi connectivity index (χ2v) is 17.7. The van der Waals surface area contributed by atoms with Gasteiger partial charge in [0.25, 0.3) is 0 Å². The van der Waals surface area contributed by atoms with Crippen LogP contribution < -0.4 is 4.90 Å². The maximum Gasteiger partial charge on any atom is 0.135 e. The third-order valence-electron chi connectivity index (χ3n) is 13.2. The van der Waals surface area contributed by atoms with Crippen LogP contribution in [0.5, 0.6) is 0 Å². The van der Waals surface area contributed by atoms with Crippen molar-refractivity contribution in [2.45, 2.75) is 5.41 Å². The number of thiophene rings is 1. The summed E-state index contributed by atoms with van der Waals surface area (Å²) in [5.74, 6) is 0.